The van der Waals surface area contributed by atoms with Gasteiger partial charge in [0.1, 0.15) is 6.10 Å². The second-order valence-electron chi connectivity index (χ2n) is 5.59. The second-order valence-corrected chi connectivity index (χ2v) is 5.59. The smallest absolute Gasteiger partial charge is 0.110 e. The van der Waals surface area contributed by atoms with Gasteiger partial charge in [0.05, 0.1) is 12.3 Å². The molecule has 18 heavy (non-hydrogen) atoms. The molecule has 3 nitrogen and oxygen atoms in total. The minimum Gasteiger partial charge on any atom is -0.369 e. The molecule has 2 aromatic rings. The van der Waals surface area contributed by atoms with Crippen LogP contribution in [0.25, 0.3) is 10.9 Å². The molecule has 0 spiro atoms. The SMILES string of the molecule is Cc1ccc2c(c1)c1c3n2CCOC3CN(C)C1. The fourth-order valence-corrected chi connectivity index (χ4v) is 3.45. The molecule has 0 N–H and O–H groups in total. The summed E-state index contributed by atoms with van der Waals surface area (Å²) < 4.78 is 8.43. The van der Waals surface area contributed by atoms with Crippen molar-refractivity contribution in [2.24, 2.45) is 0 Å². The van der Waals surface area contributed by atoms with Crippen molar-refractivity contribution in [2.75, 3.05) is 20.2 Å². The van der Waals surface area contributed by atoms with Gasteiger partial charge in [-0.3, -0.25) is 4.90 Å². The Morgan fingerprint density at radius 3 is 3.11 bits per heavy atom. The highest BCUT2D eigenvalue weighted by Crippen LogP contribution is 2.38. The summed E-state index contributed by atoms with van der Waals surface area (Å²) >= 11 is 0. The summed E-state index contributed by atoms with van der Waals surface area (Å²) in [7, 11) is 2.18. The van der Waals surface area contributed by atoms with Crippen molar-refractivity contribution >= 4 is 10.9 Å². The standard InChI is InChI=1S/C15H18N2O/c1-10-3-4-13-11(7-10)12-8-16(2)9-14-15(12)17(13)5-6-18-14/h3-4,7,14H,5-6,8-9H2,1-2H3. The van der Waals surface area contributed by atoms with Crippen LogP contribution in [-0.2, 0) is 17.8 Å². The zero-order valence-corrected chi connectivity index (χ0v) is 10.9. The maximum Gasteiger partial charge on any atom is 0.110 e. The summed E-state index contributed by atoms with van der Waals surface area (Å²) in [4.78, 5) is 2.37. The van der Waals surface area contributed by atoms with Crippen molar-refractivity contribution in [1.29, 1.82) is 0 Å². The largest absolute Gasteiger partial charge is 0.369 e. The third-order valence-electron chi connectivity index (χ3n) is 4.21. The molecule has 94 valence electrons. The van der Waals surface area contributed by atoms with Gasteiger partial charge < -0.3 is 9.30 Å². The van der Waals surface area contributed by atoms with E-state index in [4.69, 9.17) is 4.74 Å². The molecule has 1 aromatic heterocycles. The number of aryl methyl sites for hydroxylation is 1. The lowest BCUT2D eigenvalue weighted by molar-refractivity contribution is -0.00760. The third kappa shape index (κ3) is 1.32. The molecule has 0 saturated carbocycles. The Balaban J connectivity index is 2.08. The number of nitrogens with zero attached hydrogens (tertiary/aromatic N) is 2. The van der Waals surface area contributed by atoms with E-state index in [0.29, 0.717) is 0 Å². The fourth-order valence-electron chi connectivity index (χ4n) is 3.45. The lowest BCUT2D eigenvalue weighted by Gasteiger charge is -2.34. The van der Waals surface area contributed by atoms with Crippen LogP contribution >= 0.6 is 0 Å². The van der Waals surface area contributed by atoms with Crippen LogP contribution in [0.4, 0.5) is 0 Å². The molecular weight excluding hydrogens is 224 g/mol. The Morgan fingerprint density at radius 1 is 1.33 bits per heavy atom. The minimum atomic E-state index is 0.264. The highest BCUT2D eigenvalue weighted by Gasteiger charge is 2.32. The van der Waals surface area contributed by atoms with E-state index >= 15 is 0 Å². The van der Waals surface area contributed by atoms with Crippen LogP contribution in [0.15, 0.2) is 18.2 Å². The van der Waals surface area contributed by atoms with E-state index in [2.05, 4.69) is 41.6 Å². The van der Waals surface area contributed by atoms with Gasteiger partial charge in [-0.25, -0.2) is 0 Å². The van der Waals surface area contributed by atoms with Gasteiger partial charge in [0.25, 0.3) is 0 Å². The number of ether oxygens (including phenoxy) is 1. The first kappa shape index (κ1) is 10.6. The van der Waals surface area contributed by atoms with E-state index in [0.717, 1.165) is 26.2 Å². The Kier molecular flexibility index (Phi) is 2.11. The monoisotopic (exact) mass is 242 g/mol. The van der Waals surface area contributed by atoms with Crippen molar-refractivity contribution in [2.45, 2.75) is 26.1 Å². The predicted molar refractivity (Wildman–Crippen MR) is 71.7 cm³/mol. The molecule has 2 aliphatic rings. The zero-order chi connectivity index (χ0) is 12.3. The van der Waals surface area contributed by atoms with Crippen molar-refractivity contribution < 1.29 is 4.74 Å². The molecule has 1 atom stereocenters. The number of rotatable bonds is 0. The normalized spacial score (nSPS) is 23.3. The first-order valence-electron chi connectivity index (χ1n) is 6.66. The van der Waals surface area contributed by atoms with Gasteiger partial charge in [-0.1, -0.05) is 11.6 Å². The topological polar surface area (TPSA) is 17.4 Å². The summed E-state index contributed by atoms with van der Waals surface area (Å²) in [6, 6.07) is 6.81. The van der Waals surface area contributed by atoms with Crippen molar-refractivity contribution in [3.8, 4) is 0 Å². The second kappa shape index (κ2) is 3.59. The Labute approximate surface area is 107 Å². The number of likely N-dealkylation sites (N-methyl/N-ethyl adjacent to an activating group) is 1. The molecule has 2 aliphatic heterocycles. The Bertz CT molecular complexity index is 629. The van der Waals surface area contributed by atoms with Crippen molar-refractivity contribution in [3.63, 3.8) is 0 Å². The minimum absolute atomic E-state index is 0.264. The molecule has 0 radical (unpaired) electrons. The van der Waals surface area contributed by atoms with Gasteiger partial charge in [0.15, 0.2) is 0 Å². The molecule has 0 bridgehead atoms. The maximum absolute atomic E-state index is 5.95. The van der Waals surface area contributed by atoms with E-state index < -0.39 is 0 Å². The molecule has 0 amide bonds. The molecule has 0 aliphatic carbocycles. The van der Waals surface area contributed by atoms with Gasteiger partial charge in [0.2, 0.25) is 0 Å². The average molecular weight is 242 g/mol. The van der Waals surface area contributed by atoms with Gasteiger partial charge in [-0.2, -0.15) is 0 Å². The van der Waals surface area contributed by atoms with Crippen LogP contribution in [0.1, 0.15) is 22.9 Å². The third-order valence-corrected chi connectivity index (χ3v) is 4.21. The first-order valence-corrected chi connectivity index (χ1v) is 6.66. The molecule has 4 rings (SSSR count). The van der Waals surface area contributed by atoms with E-state index in [-0.39, 0.29) is 6.10 Å². The van der Waals surface area contributed by atoms with Crippen molar-refractivity contribution in [1.82, 2.24) is 9.47 Å². The van der Waals surface area contributed by atoms with Gasteiger partial charge in [-0.15, -0.1) is 0 Å². The van der Waals surface area contributed by atoms with Gasteiger partial charge in [-0.05, 0) is 31.7 Å². The Morgan fingerprint density at radius 2 is 2.22 bits per heavy atom. The molecule has 0 fully saturated rings. The molecular formula is C15H18N2O. The lowest BCUT2D eigenvalue weighted by Crippen LogP contribution is -2.35. The van der Waals surface area contributed by atoms with Crippen LogP contribution < -0.4 is 0 Å². The number of hydrogen-bond acceptors (Lipinski definition) is 2. The lowest BCUT2D eigenvalue weighted by atomic mass is 10.0. The van der Waals surface area contributed by atoms with Gasteiger partial charge >= 0.3 is 0 Å². The van der Waals surface area contributed by atoms with Crippen molar-refractivity contribution in [3.05, 3.63) is 35.0 Å². The Hall–Kier alpha value is -1.32. The van der Waals surface area contributed by atoms with Gasteiger partial charge in [0, 0.05) is 30.5 Å². The van der Waals surface area contributed by atoms with E-state index in [1.165, 1.54) is 27.7 Å². The summed E-state index contributed by atoms with van der Waals surface area (Å²) in [5.41, 5.74) is 5.63. The van der Waals surface area contributed by atoms with E-state index in [9.17, 15) is 0 Å². The van der Waals surface area contributed by atoms with Crippen LogP contribution in [0.5, 0.6) is 0 Å². The molecule has 1 aromatic carbocycles. The summed E-state index contributed by atoms with van der Waals surface area (Å²) in [5, 5.41) is 1.42. The molecule has 0 saturated heterocycles. The molecule has 1 unspecified atom stereocenters. The fraction of sp³-hybridized carbons (Fsp3) is 0.467. The number of benzene rings is 1. The number of aromatic nitrogens is 1. The molecule has 3 heteroatoms. The highest BCUT2D eigenvalue weighted by atomic mass is 16.5. The van der Waals surface area contributed by atoms with E-state index in [1.54, 1.807) is 0 Å². The predicted octanol–water partition coefficient (Wildman–Crippen LogP) is 2.47. The zero-order valence-electron chi connectivity index (χ0n) is 10.9. The quantitative estimate of drug-likeness (QED) is 0.706. The summed E-state index contributed by atoms with van der Waals surface area (Å²) in [5.74, 6) is 0. The van der Waals surface area contributed by atoms with Crippen LogP contribution in [-0.4, -0.2) is 29.7 Å². The van der Waals surface area contributed by atoms with Crippen LogP contribution in [0, 0.1) is 6.92 Å². The summed E-state index contributed by atoms with van der Waals surface area (Å²) in [6.07, 6.45) is 0.264. The number of fused-ring (bicyclic) bond motifs is 3. The van der Waals surface area contributed by atoms with Crippen LogP contribution in [0.2, 0.25) is 0 Å². The highest BCUT2D eigenvalue weighted by molar-refractivity contribution is 5.86. The first-order chi connectivity index (χ1) is 8.74. The molecule has 3 heterocycles. The average Bonchev–Trinajstić information content (AvgIpc) is 2.65. The van der Waals surface area contributed by atoms with E-state index in [1.807, 2.05) is 0 Å². The summed E-state index contributed by atoms with van der Waals surface area (Å²) in [6.45, 7) is 6.06. The number of hydrogen-bond donors (Lipinski definition) is 0. The maximum atomic E-state index is 5.95. The van der Waals surface area contributed by atoms with Crippen LogP contribution in [0.3, 0.4) is 0 Å².